The van der Waals surface area contributed by atoms with Gasteiger partial charge in [-0.15, -0.1) is 0 Å². The number of amides is 1. The zero-order valence-corrected chi connectivity index (χ0v) is 12.3. The summed E-state index contributed by atoms with van der Waals surface area (Å²) in [4.78, 5) is 11.9. The van der Waals surface area contributed by atoms with Crippen molar-refractivity contribution in [2.24, 2.45) is 0 Å². The van der Waals surface area contributed by atoms with Crippen LogP contribution in [0.15, 0.2) is 28.7 Å². The Hall–Kier alpha value is -2.02. The average molecular weight is 360 g/mol. The van der Waals surface area contributed by atoms with E-state index in [4.69, 9.17) is 5.11 Å². The number of hydrogen-bond acceptors (Lipinski definition) is 2. The van der Waals surface area contributed by atoms with Crippen LogP contribution in [0.2, 0.25) is 0 Å². The van der Waals surface area contributed by atoms with E-state index in [2.05, 4.69) is 21.2 Å². The second-order valence-electron chi connectivity index (χ2n) is 4.32. The van der Waals surface area contributed by atoms with Crippen molar-refractivity contribution in [2.75, 3.05) is 5.32 Å². The second kappa shape index (κ2) is 5.77. The molecule has 0 heterocycles. The van der Waals surface area contributed by atoms with Crippen LogP contribution >= 0.6 is 15.9 Å². The van der Waals surface area contributed by atoms with Crippen molar-refractivity contribution in [2.45, 2.75) is 6.92 Å². The molecule has 0 saturated heterocycles. The van der Waals surface area contributed by atoms with Gasteiger partial charge in [0.2, 0.25) is 5.82 Å². The van der Waals surface area contributed by atoms with E-state index in [0.29, 0.717) is 16.2 Å². The van der Waals surface area contributed by atoms with E-state index in [1.165, 1.54) is 0 Å². The Kier molecular flexibility index (Phi) is 4.22. The summed E-state index contributed by atoms with van der Waals surface area (Å²) in [5, 5.41) is 11.5. The standard InChI is InChI=1S/C14H9BrF3NO2/c1-6-2-3-8(15)10(4-6)19-14(21)7-5-9(16)12(18)13(20)11(7)17/h2-5,20H,1H3,(H,19,21). The minimum Gasteiger partial charge on any atom is -0.503 e. The zero-order valence-electron chi connectivity index (χ0n) is 10.7. The molecule has 3 nitrogen and oxygen atoms in total. The number of carbonyl (C=O) groups excluding carboxylic acids is 1. The van der Waals surface area contributed by atoms with Gasteiger partial charge in [-0.2, -0.15) is 4.39 Å². The SMILES string of the molecule is Cc1ccc(Br)c(NC(=O)c2cc(F)c(F)c(O)c2F)c1. The summed E-state index contributed by atoms with van der Waals surface area (Å²) in [7, 11) is 0. The zero-order chi connectivity index (χ0) is 15.7. The van der Waals surface area contributed by atoms with Gasteiger partial charge in [0.15, 0.2) is 17.4 Å². The van der Waals surface area contributed by atoms with Crippen molar-refractivity contribution < 1.29 is 23.1 Å². The molecule has 2 rings (SSSR count). The van der Waals surface area contributed by atoms with Gasteiger partial charge in [0, 0.05) is 4.47 Å². The predicted molar refractivity (Wildman–Crippen MR) is 74.8 cm³/mol. The van der Waals surface area contributed by atoms with Crippen LogP contribution in [0.25, 0.3) is 0 Å². The van der Waals surface area contributed by atoms with Crippen molar-refractivity contribution >= 4 is 27.5 Å². The van der Waals surface area contributed by atoms with Crippen molar-refractivity contribution in [1.29, 1.82) is 0 Å². The first-order chi connectivity index (χ1) is 9.81. The van der Waals surface area contributed by atoms with Gasteiger partial charge in [0.1, 0.15) is 0 Å². The third-order valence-electron chi connectivity index (χ3n) is 2.75. The van der Waals surface area contributed by atoms with Gasteiger partial charge in [0.05, 0.1) is 11.3 Å². The molecule has 110 valence electrons. The number of hydrogen-bond donors (Lipinski definition) is 2. The van der Waals surface area contributed by atoms with Gasteiger partial charge >= 0.3 is 0 Å². The lowest BCUT2D eigenvalue weighted by molar-refractivity contribution is 0.102. The van der Waals surface area contributed by atoms with Crippen LogP contribution in [0.4, 0.5) is 18.9 Å². The molecule has 2 aromatic carbocycles. The highest BCUT2D eigenvalue weighted by Gasteiger charge is 2.22. The fourth-order valence-corrected chi connectivity index (χ4v) is 2.03. The number of rotatable bonds is 2. The van der Waals surface area contributed by atoms with Gasteiger partial charge in [-0.3, -0.25) is 4.79 Å². The van der Waals surface area contributed by atoms with E-state index in [0.717, 1.165) is 5.56 Å². The summed E-state index contributed by atoms with van der Waals surface area (Å²) >= 11 is 3.20. The number of aromatic hydroxyl groups is 1. The first-order valence-electron chi connectivity index (χ1n) is 5.75. The highest BCUT2D eigenvalue weighted by atomic mass is 79.9. The molecule has 2 aromatic rings. The fraction of sp³-hybridized carbons (Fsp3) is 0.0714. The lowest BCUT2D eigenvalue weighted by Gasteiger charge is -2.10. The van der Waals surface area contributed by atoms with Crippen LogP contribution in [0.5, 0.6) is 5.75 Å². The lowest BCUT2D eigenvalue weighted by atomic mass is 10.1. The highest BCUT2D eigenvalue weighted by Crippen LogP contribution is 2.28. The predicted octanol–water partition coefficient (Wildman–Crippen LogP) is 4.13. The molecule has 0 saturated carbocycles. The number of aryl methyl sites for hydroxylation is 1. The maximum atomic E-state index is 13.6. The summed E-state index contributed by atoms with van der Waals surface area (Å²) in [6.07, 6.45) is 0. The fourth-order valence-electron chi connectivity index (χ4n) is 1.68. The Labute approximate surface area is 126 Å². The highest BCUT2D eigenvalue weighted by molar-refractivity contribution is 9.10. The van der Waals surface area contributed by atoms with Gasteiger partial charge in [-0.1, -0.05) is 6.07 Å². The van der Waals surface area contributed by atoms with E-state index in [1.807, 2.05) is 0 Å². The molecule has 0 bridgehead atoms. The molecule has 0 aliphatic carbocycles. The van der Waals surface area contributed by atoms with Crippen molar-refractivity contribution in [3.63, 3.8) is 0 Å². The van der Waals surface area contributed by atoms with Crippen LogP contribution in [0.1, 0.15) is 15.9 Å². The van der Waals surface area contributed by atoms with Crippen LogP contribution in [-0.2, 0) is 0 Å². The summed E-state index contributed by atoms with van der Waals surface area (Å²) < 4.78 is 40.3. The smallest absolute Gasteiger partial charge is 0.258 e. The average Bonchev–Trinajstić information content (AvgIpc) is 2.44. The molecule has 0 atom stereocenters. The summed E-state index contributed by atoms with van der Waals surface area (Å²) in [5.74, 6) is -7.30. The minimum absolute atomic E-state index is 0.337. The number of anilines is 1. The molecular formula is C14H9BrF3NO2. The number of phenolic OH excluding ortho intramolecular Hbond substituents is 1. The third-order valence-corrected chi connectivity index (χ3v) is 3.44. The Morgan fingerprint density at radius 2 is 1.86 bits per heavy atom. The third kappa shape index (κ3) is 3.02. The second-order valence-corrected chi connectivity index (χ2v) is 5.17. The lowest BCUT2D eigenvalue weighted by Crippen LogP contribution is -2.15. The van der Waals surface area contributed by atoms with E-state index in [1.54, 1.807) is 25.1 Å². The minimum atomic E-state index is -1.74. The Morgan fingerprint density at radius 1 is 1.19 bits per heavy atom. The quantitative estimate of drug-likeness (QED) is 0.792. The van der Waals surface area contributed by atoms with Gasteiger partial charge in [0.25, 0.3) is 5.91 Å². The summed E-state index contributed by atoms with van der Waals surface area (Å²) in [6.45, 7) is 1.78. The Morgan fingerprint density at radius 3 is 2.52 bits per heavy atom. The molecule has 0 aliphatic heterocycles. The number of benzene rings is 2. The molecule has 2 N–H and O–H groups in total. The molecule has 0 radical (unpaired) electrons. The summed E-state index contributed by atoms with van der Waals surface area (Å²) in [6, 6.07) is 5.46. The van der Waals surface area contributed by atoms with E-state index in [9.17, 15) is 18.0 Å². The molecule has 0 spiro atoms. The molecule has 21 heavy (non-hydrogen) atoms. The van der Waals surface area contributed by atoms with Crippen LogP contribution in [-0.4, -0.2) is 11.0 Å². The van der Waals surface area contributed by atoms with E-state index >= 15 is 0 Å². The van der Waals surface area contributed by atoms with Gasteiger partial charge < -0.3 is 10.4 Å². The largest absolute Gasteiger partial charge is 0.503 e. The van der Waals surface area contributed by atoms with Crippen molar-refractivity contribution in [1.82, 2.24) is 0 Å². The van der Waals surface area contributed by atoms with Crippen LogP contribution in [0, 0.1) is 24.4 Å². The molecule has 1 amide bonds. The number of nitrogens with one attached hydrogen (secondary N) is 1. The van der Waals surface area contributed by atoms with Gasteiger partial charge in [-0.05, 0) is 46.6 Å². The van der Waals surface area contributed by atoms with Crippen molar-refractivity contribution in [3.8, 4) is 5.75 Å². The van der Waals surface area contributed by atoms with Crippen molar-refractivity contribution in [3.05, 3.63) is 57.3 Å². The molecule has 7 heteroatoms. The van der Waals surface area contributed by atoms with Gasteiger partial charge in [-0.25, -0.2) is 8.78 Å². The van der Waals surface area contributed by atoms with Crippen LogP contribution in [0.3, 0.4) is 0 Å². The topological polar surface area (TPSA) is 49.3 Å². The molecule has 0 aliphatic rings. The first-order valence-corrected chi connectivity index (χ1v) is 6.54. The molecular weight excluding hydrogens is 351 g/mol. The Bertz CT molecular complexity index is 735. The molecule has 0 fully saturated rings. The summed E-state index contributed by atoms with van der Waals surface area (Å²) in [5.41, 5.74) is 0.380. The monoisotopic (exact) mass is 359 g/mol. The number of halogens is 4. The first kappa shape index (κ1) is 15.4. The maximum Gasteiger partial charge on any atom is 0.258 e. The maximum absolute atomic E-state index is 13.6. The molecule has 0 unspecified atom stereocenters. The molecule has 0 aromatic heterocycles. The normalized spacial score (nSPS) is 10.5. The van der Waals surface area contributed by atoms with E-state index < -0.39 is 34.7 Å². The Balaban J connectivity index is 2.40. The number of phenols is 1. The van der Waals surface area contributed by atoms with E-state index in [-0.39, 0.29) is 0 Å². The number of carbonyl (C=O) groups is 1. The van der Waals surface area contributed by atoms with Crippen LogP contribution < -0.4 is 5.32 Å².